The van der Waals surface area contributed by atoms with Crippen molar-refractivity contribution in [1.29, 1.82) is 5.26 Å². The zero-order valence-corrected chi connectivity index (χ0v) is 17.2. The van der Waals surface area contributed by atoms with Gasteiger partial charge in [0.25, 0.3) is 0 Å². The third kappa shape index (κ3) is 6.39. The quantitative estimate of drug-likeness (QED) is 0.638. The molecular formula is C21H22BrN3O3. The Bertz CT molecular complexity index is 850. The number of rotatable bonds is 9. The van der Waals surface area contributed by atoms with Crippen molar-refractivity contribution in [2.75, 3.05) is 18.6 Å². The minimum Gasteiger partial charge on any atom is -0.496 e. The Labute approximate surface area is 173 Å². The highest BCUT2D eigenvalue weighted by Gasteiger charge is 2.17. The third-order valence-corrected chi connectivity index (χ3v) is 4.59. The molecule has 2 aromatic rings. The largest absolute Gasteiger partial charge is 0.496 e. The van der Waals surface area contributed by atoms with E-state index in [1.165, 1.54) is 0 Å². The van der Waals surface area contributed by atoms with Crippen LogP contribution in [0.15, 0.2) is 53.0 Å². The molecule has 0 unspecified atom stereocenters. The zero-order valence-electron chi connectivity index (χ0n) is 15.7. The van der Waals surface area contributed by atoms with Crippen molar-refractivity contribution < 1.29 is 14.3 Å². The second-order valence-electron chi connectivity index (χ2n) is 6.02. The van der Waals surface area contributed by atoms with Crippen LogP contribution >= 0.6 is 15.9 Å². The minimum atomic E-state index is -0.219. The van der Waals surface area contributed by atoms with E-state index in [1.54, 1.807) is 12.0 Å². The smallest absolute Gasteiger partial charge is 0.227 e. The molecule has 0 aliphatic rings. The van der Waals surface area contributed by atoms with Gasteiger partial charge in [-0.3, -0.25) is 9.59 Å². The lowest BCUT2D eigenvalue weighted by molar-refractivity contribution is -0.125. The number of nitriles is 1. The molecule has 0 atom stereocenters. The predicted octanol–water partition coefficient (Wildman–Crippen LogP) is 3.80. The highest BCUT2D eigenvalue weighted by atomic mass is 79.9. The van der Waals surface area contributed by atoms with E-state index in [4.69, 9.17) is 10.00 Å². The highest BCUT2D eigenvalue weighted by Crippen LogP contribution is 2.22. The summed E-state index contributed by atoms with van der Waals surface area (Å²) in [5.74, 6) is 0.284. The number of hydrogen-bond donors (Lipinski definition) is 1. The van der Waals surface area contributed by atoms with Gasteiger partial charge in [-0.15, -0.1) is 0 Å². The average Bonchev–Trinajstić information content (AvgIpc) is 2.72. The van der Waals surface area contributed by atoms with Gasteiger partial charge >= 0.3 is 0 Å². The topological polar surface area (TPSA) is 82.4 Å². The number of carbonyl (C=O) groups excluding carboxylic acids is 2. The summed E-state index contributed by atoms with van der Waals surface area (Å²) in [4.78, 5) is 26.3. The van der Waals surface area contributed by atoms with Crippen LogP contribution in [0.4, 0.5) is 5.69 Å². The van der Waals surface area contributed by atoms with Crippen LogP contribution in [0.2, 0.25) is 0 Å². The van der Waals surface area contributed by atoms with Crippen molar-refractivity contribution in [2.45, 2.75) is 25.8 Å². The molecule has 0 fully saturated rings. The number of ether oxygens (including phenoxy) is 1. The van der Waals surface area contributed by atoms with E-state index in [1.807, 2.05) is 48.5 Å². The molecule has 6 nitrogen and oxygen atoms in total. The Balaban J connectivity index is 1.91. The Hall–Kier alpha value is -2.85. The molecule has 28 heavy (non-hydrogen) atoms. The van der Waals surface area contributed by atoms with Gasteiger partial charge in [0.1, 0.15) is 5.75 Å². The van der Waals surface area contributed by atoms with Gasteiger partial charge in [-0.1, -0.05) is 34.1 Å². The summed E-state index contributed by atoms with van der Waals surface area (Å²) in [5, 5.41) is 11.7. The number of anilines is 1. The van der Waals surface area contributed by atoms with E-state index in [0.29, 0.717) is 18.8 Å². The fourth-order valence-electron chi connectivity index (χ4n) is 2.69. The third-order valence-electron chi connectivity index (χ3n) is 4.10. The van der Waals surface area contributed by atoms with Gasteiger partial charge in [-0.2, -0.15) is 5.26 Å². The monoisotopic (exact) mass is 443 g/mol. The maximum absolute atomic E-state index is 12.6. The average molecular weight is 444 g/mol. The first-order chi connectivity index (χ1) is 13.5. The molecule has 2 amide bonds. The molecule has 2 aromatic carbocycles. The van der Waals surface area contributed by atoms with Crippen LogP contribution in [0.1, 0.15) is 24.8 Å². The summed E-state index contributed by atoms with van der Waals surface area (Å²) in [6, 6.07) is 16.8. The van der Waals surface area contributed by atoms with Crippen LogP contribution in [-0.4, -0.2) is 25.5 Å². The van der Waals surface area contributed by atoms with E-state index in [0.717, 1.165) is 15.7 Å². The van der Waals surface area contributed by atoms with E-state index in [2.05, 4.69) is 27.3 Å². The molecule has 0 spiro atoms. The van der Waals surface area contributed by atoms with Gasteiger partial charge in [0.15, 0.2) is 0 Å². The van der Waals surface area contributed by atoms with Gasteiger partial charge in [0.2, 0.25) is 11.8 Å². The maximum atomic E-state index is 12.6. The molecule has 1 N–H and O–H groups in total. The van der Waals surface area contributed by atoms with Gasteiger partial charge < -0.3 is 15.0 Å². The molecule has 0 radical (unpaired) electrons. The number of halogens is 1. The van der Waals surface area contributed by atoms with E-state index in [9.17, 15) is 9.59 Å². The van der Waals surface area contributed by atoms with Gasteiger partial charge in [-0.25, -0.2) is 0 Å². The first-order valence-electron chi connectivity index (χ1n) is 8.86. The summed E-state index contributed by atoms with van der Waals surface area (Å²) >= 11 is 3.40. The van der Waals surface area contributed by atoms with Crippen LogP contribution in [0.25, 0.3) is 0 Å². The van der Waals surface area contributed by atoms with Crippen molar-refractivity contribution >= 4 is 33.4 Å². The second-order valence-corrected chi connectivity index (χ2v) is 6.94. The Kier molecular flexibility index (Phi) is 8.50. The first-order valence-corrected chi connectivity index (χ1v) is 9.66. The van der Waals surface area contributed by atoms with E-state index >= 15 is 0 Å². The van der Waals surface area contributed by atoms with E-state index < -0.39 is 0 Å². The van der Waals surface area contributed by atoms with Crippen LogP contribution in [0.5, 0.6) is 5.75 Å². The summed E-state index contributed by atoms with van der Waals surface area (Å²) < 4.78 is 6.18. The summed E-state index contributed by atoms with van der Waals surface area (Å²) in [6.07, 6.45) is 0.377. The summed E-state index contributed by atoms with van der Waals surface area (Å²) in [6.45, 7) is 0.614. The van der Waals surface area contributed by atoms with Crippen LogP contribution < -0.4 is 15.0 Å². The van der Waals surface area contributed by atoms with E-state index in [-0.39, 0.29) is 31.1 Å². The molecule has 2 rings (SSSR count). The minimum absolute atomic E-state index is 0.0712. The number of benzene rings is 2. The highest BCUT2D eigenvalue weighted by molar-refractivity contribution is 9.10. The molecule has 0 saturated heterocycles. The lowest BCUT2D eigenvalue weighted by Gasteiger charge is -2.21. The van der Waals surface area contributed by atoms with Crippen molar-refractivity contribution in [3.05, 3.63) is 58.6 Å². The number of methoxy groups -OCH3 is 1. The Morgan fingerprint density at radius 2 is 1.93 bits per heavy atom. The normalized spacial score (nSPS) is 10.0. The maximum Gasteiger partial charge on any atom is 0.227 e. The van der Waals surface area contributed by atoms with Crippen molar-refractivity contribution in [2.24, 2.45) is 0 Å². The molecule has 0 bridgehead atoms. The molecular weight excluding hydrogens is 422 g/mol. The number of nitrogens with zero attached hydrogens (tertiary/aromatic N) is 2. The van der Waals surface area contributed by atoms with Crippen molar-refractivity contribution in [1.82, 2.24) is 5.32 Å². The number of hydrogen-bond acceptors (Lipinski definition) is 4. The fourth-order valence-corrected chi connectivity index (χ4v) is 3.10. The summed E-state index contributed by atoms with van der Waals surface area (Å²) in [5.41, 5.74) is 1.57. The van der Waals surface area contributed by atoms with Crippen LogP contribution in [0.3, 0.4) is 0 Å². The number of nitrogens with one attached hydrogen (secondary N) is 1. The number of amides is 2. The first kappa shape index (κ1) is 21.5. The Morgan fingerprint density at radius 1 is 1.18 bits per heavy atom. The SMILES string of the molecule is COc1ccc(Br)cc1CNC(=O)CCC(=O)N(CCC#N)c1ccccc1. The van der Waals surface area contributed by atoms with Gasteiger partial charge in [-0.05, 0) is 30.3 Å². The molecule has 0 heterocycles. The standard InChI is InChI=1S/C21H22BrN3O3/c1-28-19-9-8-17(22)14-16(19)15-24-20(26)10-11-21(27)25(13-5-12-23)18-6-3-2-4-7-18/h2-4,6-9,14H,5,10-11,13,15H2,1H3,(H,24,26). The van der Waals surface area contributed by atoms with Crippen LogP contribution in [-0.2, 0) is 16.1 Å². The number of carbonyl (C=O) groups is 2. The summed E-state index contributed by atoms with van der Waals surface area (Å²) in [7, 11) is 1.58. The second kappa shape index (κ2) is 11.1. The van der Waals surface area contributed by atoms with Crippen molar-refractivity contribution in [3.63, 3.8) is 0 Å². The Morgan fingerprint density at radius 3 is 2.61 bits per heavy atom. The number of para-hydroxylation sites is 1. The molecule has 7 heteroatoms. The molecule has 0 saturated carbocycles. The van der Waals surface area contributed by atoms with Crippen molar-refractivity contribution in [3.8, 4) is 11.8 Å². The fraction of sp³-hybridized carbons (Fsp3) is 0.286. The zero-order chi connectivity index (χ0) is 20.4. The molecule has 0 aliphatic carbocycles. The van der Waals surface area contributed by atoms with Crippen LogP contribution in [0, 0.1) is 11.3 Å². The molecule has 0 aliphatic heterocycles. The predicted molar refractivity (Wildman–Crippen MR) is 111 cm³/mol. The van der Waals surface area contributed by atoms with Gasteiger partial charge in [0.05, 0.1) is 19.6 Å². The molecule has 146 valence electrons. The van der Waals surface area contributed by atoms with Gasteiger partial charge in [0, 0.05) is 41.7 Å². The molecule has 0 aromatic heterocycles. The lowest BCUT2D eigenvalue weighted by atomic mass is 10.2. The lowest BCUT2D eigenvalue weighted by Crippen LogP contribution is -2.33.